The van der Waals surface area contributed by atoms with Gasteiger partial charge in [-0.25, -0.2) is 4.79 Å². The molecule has 1 aliphatic carbocycles. The van der Waals surface area contributed by atoms with Gasteiger partial charge in [0.25, 0.3) is 0 Å². The third kappa shape index (κ3) is 5.21. The van der Waals surface area contributed by atoms with Gasteiger partial charge in [0.15, 0.2) is 0 Å². The summed E-state index contributed by atoms with van der Waals surface area (Å²) in [4.78, 5) is 12.1. The molecular formula is C17H26N2O2S. The topological polar surface area (TPSA) is 61.4 Å². The molecule has 0 unspecified atom stereocenters. The Kier molecular flexibility index (Phi) is 7.06. The predicted molar refractivity (Wildman–Crippen MR) is 91.9 cm³/mol. The van der Waals surface area contributed by atoms with E-state index in [4.69, 9.17) is 5.11 Å². The van der Waals surface area contributed by atoms with Crippen molar-refractivity contribution in [3.05, 3.63) is 35.4 Å². The molecule has 3 N–H and O–H groups in total. The molecule has 2 amide bonds. The number of carbonyl (C=O) groups excluding carboxylic acids is 1. The van der Waals surface area contributed by atoms with Gasteiger partial charge in [0, 0.05) is 17.8 Å². The Labute approximate surface area is 137 Å². The SMILES string of the molecule is CCS[C@H]1CCCC[C@@H]1NC(=O)NCc1cccc(CO)c1. The summed E-state index contributed by atoms with van der Waals surface area (Å²) in [6, 6.07) is 7.82. The van der Waals surface area contributed by atoms with E-state index < -0.39 is 0 Å². The molecule has 5 heteroatoms. The van der Waals surface area contributed by atoms with Crippen molar-refractivity contribution in [2.24, 2.45) is 0 Å². The maximum atomic E-state index is 12.1. The molecular weight excluding hydrogens is 296 g/mol. The fourth-order valence-corrected chi connectivity index (χ4v) is 4.11. The van der Waals surface area contributed by atoms with Gasteiger partial charge in [-0.3, -0.25) is 0 Å². The highest BCUT2D eigenvalue weighted by Gasteiger charge is 2.26. The van der Waals surface area contributed by atoms with Crippen molar-refractivity contribution in [3.8, 4) is 0 Å². The highest BCUT2D eigenvalue weighted by atomic mass is 32.2. The third-order valence-corrected chi connectivity index (χ3v) is 5.35. The summed E-state index contributed by atoms with van der Waals surface area (Å²) in [5.41, 5.74) is 1.87. The molecule has 0 saturated heterocycles. The molecule has 1 aliphatic rings. The molecule has 0 radical (unpaired) electrons. The highest BCUT2D eigenvalue weighted by Crippen LogP contribution is 2.28. The second kappa shape index (κ2) is 9.06. The Morgan fingerprint density at radius 3 is 2.86 bits per heavy atom. The van der Waals surface area contributed by atoms with Crippen LogP contribution in [0.2, 0.25) is 0 Å². The molecule has 1 fully saturated rings. The molecule has 1 aromatic rings. The highest BCUT2D eigenvalue weighted by molar-refractivity contribution is 7.99. The molecule has 2 atom stereocenters. The second-order valence-corrected chi connectivity index (χ2v) is 7.21. The number of aliphatic hydroxyl groups excluding tert-OH is 1. The molecule has 122 valence electrons. The van der Waals surface area contributed by atoms with Gasteiger partial charge >= 0.3 is 6.03 Å². The summed E-state index contributed by atoms with van der Waals surface area (Å²) in [6.07, 6.45) is 4.74. The fourth-order valence-electron chi connectivity index (χ4n) is 2.92. The van der Waals surface area contributed by atoms with Crippen molar-refractivity contribution < 1.29 is 9.90 Å². The Morgan fingerprint density at radius 2 is 2.09 bits per heavy atom. The van der Waals surface area contributed by atoms with Crippen LogP contribution in [0.3, 0.4) is 0 Å². The van der Waals surface area contributed by atoms with Crippen LogP contribution in [0.15, 0.2) is 24.3 Å². The lowest BCUT2D eigenvalue weighted by Crippen LogP contribution is -2.47. The van der Waals surface area contributed by atoms with E-state index in [9.17, 15) is 4.79 Å². The molecule has 0 spiro atoms. The largest absolute Gasteiger partial charge is 0.392 e. The van der Waals surface area contributed by atoms with Gasteiger partial charge < -0.3 is 15.7 Å². The van der Waals surface area contributed by atoms with E-state index in [2.05, 4.69) is 17.6 Å². The lowest BCUT2D eigenvalue weighted by atomic mass is 9.95. The average molecular weight is 322 g/mol. The quantitative estimate of drug-likeness (QED) is 0.754. The first-order valence-electron chi connectivity index (χ1n) is 8.07. The van der Waals surface area contributed by atoms with Crippen LogP contribution >= 0.6 is 11.8 Å². The van der Waals surface area contributed by atoms with Gasteiger partial charge in [0.05, 0.1) is 6.61 Å². The minimum Gasteiger partial charge on any atom is -0.392 e. The first kappa shape index (κ1) is 17.2. The van der Waals surface area contributed by atoms with E-state index >= 15 is 0 Å². The smallest absolute Gasteiger partial charge is 0.315 e. The number of rotatable bonds is 6. The lowest BCUT2D eigenvalue weighted by molar-refractivity contribution is 0.233. The average Bonchev–Trinajstić information content (AvgIpc) is 2.55. The standard InChI is InChI=1S/C17H26N2O2S/c1-2-22-16-9-4-3-8-15(16)19-17(21)18-11-13-6-5-7-14(10-13)12-20/h5-7,10,15-16,20H,2-4,8-9,11-12H2,1H3,(H2,18,19,21)/t15-,16-/m0/s1. The number of carbonyl (C=O) groups is 1. The van der Waals surface area contributed by atoms with E-state index in [1.54, 1.807) is 0 Å². The van der Waals surface area contributed by atoms with Crippen molar-refractivity contribution in [1.29, 1.82) is 0 Å². The van der Waals surface area contributed by atoms with E-state index in [1.807, 2.05) is 36.0 Å². The Hall–Kier alpha value is -1.20. The molecule has 1 saturated carbocycles. The monoisotopic (exact) mass is 322 g/mol. The van der Waals surface area contributed by atoms with Gasteiger partial charge in [-0.2, -0.15) is 11.8 Å². The van der Waals surface area contributed by atoms with E-state index in [0.717, 1.165) is 23.3 Å². The minimum absolute atomic E-state index is 0.0258. The molecule has 22 heavy (non-hydrogen) atoms. The van der Waals surface area contributed by atoms with Crippen LogP contribution < -0.4 is 10.6 Å². The number of amides is 2. The number of hydrogen-bond acceptors (Lipinski definition) is 3. The summed E-state index contributed by atoms with van der Waals surface area (Å²) in [5.74, 6) is 1.10. The summed E-state index contributed by atoms with van der Waals surface area (Å²) < 4.78 is 0. The minimum atomic E-state index is -0.0944. The molecule has 0 heterocycles. The molecule has 4 nitrogen and oxygen atoms in total. The zero-order valence-electron chi connectivity index (χ0n) is 13.2. The molecule has 0 aliphatic heterocycles. The Bertz CT molecular complexity index is 479. The normalized spacial score (nSPS) is 21.4. The zero-order valence-corrected chi connectivity index (χ0v) is 14.0. The summed E-state index contributed by atoms with van der Waals surface area (Å²) in [6.45, 7) is 2.68. The number of urea groups is 1. The fraction of sp³-hybridized carbons (Fsp3) is 0.588. The van der Waals surface area contributed by atoms with Crippen molar-refractivity contribution in [1.82, 2.24) is 10.6 Å². The Morgan fingerprint density at radius 1 is 1.32 bits per heavy atom. The number of aliphatic hydroxyl groups is 1. The number of thioether (sulfide) groups is 1. The second-order valence-electron chi connectivity index (χ2n) is 5.69. The zero-order chi connectivity index (χ0) is 15.8. The van der Waals surface area contributed by atoms with Crippen LogP contribution in [0, 0.1) is 0 Å². The molecule has 0 aromatic heterocycles. The van der Waals surface area contributed by atoms with Crippen LogP contribution in [-0.4, -0.2) is 28.2 Å². The number of nitrogens with one attached hydrogen (secondary N) is 2. The Balaban J connectivity index is 1.81. The first-order chi connectivity index (χ1) is 10.7. The van der Waals surface area contributed by atoms with Crippen LogP contribution in [-0.2, 0) is 13.2 Å². The van der Waals surface area contributed by atoms with Crippen molar-refractivity contribution in [2.45, 2.75) is 57.1 Å². The first-order valence-corrected chi connectivity index (χ1v) is 9.12. The van der Waals surface area contributed by atoms with Crippen molar-refractivity contribution in [2.75, 3.05) is 5.75 Å². The number of benzene rings is 1. The van der Waals surface area contributed by atoms with Crippen LogP contribution in [0.4, 0.5) is 4.79 Å². The predicted octanol–water partition coefficient (Wildman–Crippen LogP) is 3.04. The van der Waals surface area contributed by atoms with Gasteiger partial charge in [-0.1, -0.05) is 44.0 Å². The van der Waals surface area contributed by atoms with Crippen LogP contribution in [0.25, 0.3) is 0 Å². The summed E-state index contributed by atoms with van der Waals surface area (Å²) in [7, 11) is 0. The maximum absolute atomic E-state index is 12.1. The van der Waals surface area contributed by atoms with Crippen LogP contribution in [0.1, 0.15) is 43.7 Å². The van der Waals surface area contributed by atoms with E-state index in [1.165, 1.54) is 19.3 Å². The van der Waals surface area contributed by atoms with Crippen LogP contribution in [0.5, 0.6) is 0 Å². The maximum Gasteiger partial charge on any atom is 0.315 e. The van der Waals surface area contributed by atoms with Crippen molar-refractivity contribution in [3.63, 3.8) is 0 Å². The van der Waals surface area contributed by atoms with E-state index in [0.29, 0.717) is 11.8 Å². The van der Waals surface area contributed by atoms with Gasteiger partial charge in [-0.05, 0) is 29.7 Å². The summed E-state index contributed by atoms with van der Waals surface area (Å²) in [5, 5.41) is 15.7. The molecule has 1 aromatic carbocycles. The van der Waals surface area contributed by atoms with Gasteiger partial charge in [0.1, 0.15) is 0 Å². The summed E-state index contributed by atoms with van der Waals surface area (Å²) >= 11 is 1.95. The number of hydrogen-bond donors (Lipinski definition) is 3. The molecule has 2 rings (SSSR count). The van der Waals surface area contributed by atoms with E-state index in [-0.39, 0.29) is 18.7 Å². The third-order valence-electron chi connectivity index (χ3n) is 4.03. The van der Waals surface area contributed by atoms with Gasteiger partial charge in [-0.15, -0.1) is 0 Å². The molecule has 0 bridgehead atoms. The lowest BCUT2D eigenvalue weighted by Gasteiger charge is -2.31. The van der Waals surface area contributed by atoms with Crippen molar-refractivity contribution >= 4 is 17.8 Å². The van der Waals surface area contributed by atoms with Gasteiger partial charge in [0.2, 0.25) is 0 Å².